The lowest BCUT2D eigenvalue weighted by Crippen LogP contribution is -2.28. The molecule has 0 atom stereocenters. The highest BCUT2D eigenvalue weighted by molar-refractivity contribution is 5.91. The van der Waals surface area contributed by atoms with E-state index < -0.39 is 5.97 Å². The van der Waals surface area contributed by atoms with Gasteiger partial charge in [0.2, 0.25) is 0 Å². The standard InChI is InChI=1S/C22H27NO3/c1-15-6-7-17(12-16(15)2)13-23-20(24)14-26-21(25)18-8-10-19(11-9-18)22(3,4)5/h6-12H,13-14H2,1-5H3,(H,23,24). The Hall–Kier alpha value is -2.62. The summed E-state index contributed by atoms with van der Waals surface area (Å²) in [4.78, 5) is 24.0. The van der Waals surface area contributed by atoms with E-state index in [1.165, 1.54) is 11.1 Å². The van der Waals surface area contributed by atoms with E-state index in [1.807, 2.05) is 44.2 Å². The Morgan fingerprint density at radius 2 is 1.62 bits per heavy atom. The van der Waals surface area contributed by atoms with E-state index in [0.29, 0.717) is 12.1 Å². The average Bonchev–Trinajstić information content (AvgIpc) is 2.60. The number of benzene rings is 2. The van der Waals surface area contributed by atoms with Crippen LogP contribution in [0.4, 0.5) is 0 Å². The average molecular weight is 353 g/mol. The molecule has 4 heteroatoms. The molecule has 4 nitrogen and oxygen atoms in total. The van der Waals surface area contributed by atoms with E-state index in [1.54, 1.807) is 12.1 Å². The van der Waals surface area contributed by atoms with Gasteiger partial charge < -0.3 is 10.1 Å². The summed E-state index contributed by atoms with van der Waals surface area (Å²) < 4.78 is 5.10. The Kier molecular flexibility index (Phi) is 6.19. The highest BCUT2D eigenvalue weighted by Crippen LogP contribution is 2.22. The molecule has 0 radical (unpaired) electrons. The first-order valence-corrected chi connectivity index (χ1v) is 8.77. The third-order valence-corrected chi connectivity index (χ3v) is 4.38. The molecule has 138 valence electrons. The van der Waals surface area contributed by atoms with Crippen LogP contribution in [-0.4, -0.2) is 18.5 Å². The molecule has 0 aromatic heterocycles. The topological polar surface area (TPSA) is 55.4 Å². The number of amides is 1. The van der Waals surface area contributed by atoms with Gasteiger partial charge in [0.1, 0.15) is 0 Å². The zero-order chi connectivity index (χ0) is 19.3. The van der Waals surface area contributed by atoms with Gasteiger partial charge in [0.25, 0.3) is 5.91 Å². The lowest BCUT2D eigenvalue weighted by Gasteiger charge is -2.18. The van der Waals surface area contributed by atoms with Crippen molar-refractivity contribution in [3.63, 3.8) is 0 Å². The Labute approximate surface area is 155 Å². The van der Waals surface area contributed by atoms with Crippen molar-refractivity contribution in [1.82, 2.24) is 5.32 Å². The molecule has 1 amide bonds. The predicted octanol–water partition coefficient (Wildman–Crippen LogP) is 4.07. The number of carbonyl (C=O) groups is 2. The summed E-state index contributed by atoms with van der Waals surface area (Å²) in [5.74, 6) is -0.810. The molecule has 2 rings (SSSR count). The van der Waals surface area contributed by atoms with Crippen LogP contribution in [0.3, 0.4) is 0 Å². The molecule has 0 unspecified atom stereocenters. The third-order valence-electron chi connectivity index (χ3n) is 4.38. The fraction of sp³-hybridized carbons (Fsp3) is 0.364. The molecule has 1 N–H and O–H groups in total. The van der Waals surface area contributed by atoms with Gasteiger partial charge in [-0.3, -0.25) is 4.79 Å². The van der Waals surface area contributed by atoms with E-state index in [2.05, 4.69) is 26.1 Å². The Morgan fingerprint density at radius 1 is 0.962 bits per heavy atom. The minimum Gasteiger partial charge on any atom is -0.452 e. The molecular weight excluding hydrogens is 326 g/mol. The van der Waals surface area contributed by atoms with Crippen LogP contribution < -0.4 is 5.32 Å². The zero-order valence-electron chi connectivity index (χ0n) is 16.2. The fourth-order valence-corrected chi connectivity index (χ4v) is 2.49. The van der Waals surface area contributed by atoms with Crippen LogP contribution in [0.25, 0.3) is 0 Å². The number of aryl methyl sites for hydroxylation is 2. The van der Waals surface area contributed by atoms with Crippen molar-refractivity contribution in [3.8, 4) is 0 Å². The second-order valence-corrected chi connectivity index (χ2v) is 7.60. The molecule has 0 heterocycles. The number of ether oxygens (including phenoxy) is 1. The zero-order valence-corrected chi connectivity index (χ0v) is 16.2. The number of esters is 1. The van der Waals surface area contributed by atoms with Crippen LogP contribution in [0.15, 0.2) is 42.5 Å². The van der Waals surface area contributed by atoms with Gasteiger partial charge in [-0.05, 0) is 53.6 Å². The van der Waals surface area contributed by atoms with Gasteiger partial charge in [-0.2, -0.15) is 0 Å². The Balaban J connectivity index is 1.82. The number of hydrogen-bond acceptors (Lipinski definition) is 3. The van der Waals surface area contributed by atoms with Gasteiger partial charge in [0.05, 0.1) is 5.56 Å². The molecular formula is C22H27NO3. The fourth-order valence-electron chi connectivity index (χ4n) is 2.49. The molecule has 2 aromatic rings. The van der Waals surface area contributed by atoms with Crippen LogP contribution in [0, 0.1) is 13.8 Å². The Morgan fingerprint density at radius 3 is 2.19 bits per heavy atom. The summed E-state index contributed by atoms with van der Waals surface area (Å²) in [5, 5.41) is 2.77. The van der Waals surface area contributed by atoms with Gasteiger partial charge in [0, 0.05) is 6.54 Å². The van der Waals surface area contributed by atoms with Crippen molar-refractivity contribution in [2.75, 3.05) is 6.61 Å². The van der Waals surface area contributed by atoms with Crippen LogP contribution in [0.1, 0.15) is 53.4 Å². The second-order valence-electron chi connectivity index (χ2n) is 7.60. The lowest BCUT2D eigenvalue weighted by molar-refractivity contribution is -0.124. The van der Waals surface area contributed by atoms with E-state index in [-0.39, 0.29) is 17.9 Å². The normalized spacial score (nSPS) is 11.1. The number of carbonyl (C=O) groups excluding carboxylic acids is 2. The van der Waals surface area contributed by atoms with Gasteiger partial charge in [-0.25, -0.2) is 4.79 Å². The highest BCUT2D eigenvalue weighted by atomic mass is 16.5. The third kappa shape index (κ3) is 5.45. The first kappa shape index (κ1) is 19.7. The van der Waals surface area contributed by atoms with Crippen molar-refractivity contribution >= 4 is 11.9 Å². The Bertz CT molecular complexity index is 786. The van der Waals surface area contributed by atoms with Crippen molar-refractivity contribution in [2.24, 2.45) is 0 Å². The quantitative estimate of drug-likeness (QED) is 0.824. The summed E-state index contributed by atoms with van der Waals surface area (Å²) in [6.07, 6.45) is 0. The summed E-state index contributed by atoms with van der Waals surface area (Å²) in [6, 6.07) is 13.3. The molecule has 2 aromatic carbocycles. The molecule has 0 spiro atoms. The minimum absolute atomic E-state index is 0.0245. The SMILES string of the molecule is Cc1ccc(CNC(=O)COC(=O)c2ccc(C(C)(C)C)cc2)cc1C. The maximum Gasteiger partial charge on any atom is 0.338 e. The predicted molar refractivity (Wildman–Crippen MR) is 103 cm³/mol. The van der Waals surface area contributed by atoms with Gasteiger partial charge in [-0.15, -0.1) is 0 Å². The number of nitrogens with one attached hydrogen (secondary N) is 1. The van der Waals surface area contributed by atoms with Crippen LogP contribution in [-0.2, 0) is 21.5 Å². The summed E-state index contributed by atoms with van der Waals surface area (Å²) >= 11 is 0. The van der Waals surface area contributed by atoms with Crippen molar-refractivity contribution in [2.45, 2.75) is 46.6 Å². The molecule has 0 bridgehead atoms. The van der Waals surface area contributed by atoms with Gasteiger partial charge in [0.15, 0.2) is 6.61 Å². The largest absolute Gasteiger partial charge is 0.452 e. The van der Waals surface area contributed by atoms with Crippen LogP contribution in [0.5, 0.6) is 0 Å². The number of hydrogen-bond donors (Lipinski definition) is 1. The first-order chi connectivity index (χ1) is 12.2. The summed E-state index contributed by atoms with van der Waals surface area (Å²) in [5.41, 5.74) is 5.02. The molecule has 0 saturated heterocycles. The smallest absolute Gasteiger partial charge is 0.338 e. The van der Waals surface area contributed by atoms with Gasteiger partial charge in [-0.1, -0.05) is 51.1 Å². The van der Waals surface area contributed by atoms with E-state index in [0.717, 1.165) is 11.1 Å². The molecule has 0 aliphatic heterocycles. The van der Waals surface area contributed by atoms with E-state index in [9.17, 15) is 9.59 Å². The van der Waals surface area contributed by atoms with Crippen molar-refractivity contribution in [3.05, 3.63) is 70.3 Å². The molecule has 0 aliphatic carbocycles. The number of rotatable bonds is 5. The monoisotopic (exact) mass is 353 g/mol. The second kappa shape index (κ2) is 8.17. The van der Waals surface area contributed by atoms with Gasteiger partial charge >= 0.3 is 5.97 Å². The summed E-state index contributed by atoms with van der Waals surface area (Å²) in [6.45, 7) is 10.5. The first-order valence-electron chi connectivity index (χ1n) is 8.77. The van der Waals surface area contributed by atoms with Crippen LogP contribution >= 0.6 is 0 Å². The summed E-state index contributed by atoms with van der Waals surface area (Å²) in [7, 11) is 0. The molecule has 0 aliphatic rings. The van der Waals surface area contributed by atoms with E-state index >= 15 is 0 Å². The lowest BCUT2D eigenvalue weighted by atomic mass is 9.87. The molecule has 0 saturated carbocycles. The maximum absolute atomic E-state index is 12.1. The van der Waals surface area contributed by atoms with Crippen molar-refractivity contribution in [1.29, 1.82) is 0 Å². The maximum atomic E-state index is 12.1. The minimum atomic E-state index is -0.494. The van der Waals surface area contributed by atoms with Crippen molar-refractivity contribution < 1.29 is 14.3 Å². The molecule has 26 heavy (non-hydrogen) atoms. The van der Waals surface area contributed by atoms with E-state index in [4.69, 9.17) is 4.74 Å². The van der Waals surface area contributed by atoms with Crippen LogP contribution in [0.2, 0.25) is 0 Å². The highest BCUT2D eigenvalue weighted by Gasteiger charge is 2.15. The molecule has 0 fully saturated rings.